The van der Waals surface area contributed by atoms with Crippen LogP contribution >= 0.6 is 12.4 Å². The van der Waals surface area contributed by atoms with E-state index in [2.05, 4.69) is 40.2 Å². The van der Waals surface area contributed by atoms with Crippen LogP contribution in [0, 0.1) is 0 Å². The molecule has 1 aliphatic rings. The average Bonchev–Trinajstić information content (AvgIpc) is 3.05. The Kier molecular flexibility index (Phi) is 8.01. The molecule has 27 heavy (non-hydrogen) atoms. The zero-order valence-electron chi connectivity index (χ0n) is 16.2. The van der Waals surface area contributed by atoms with Crippen LogP contribution in [-0.2, 0) is 11.3 Å². The zero-order chi connectivity index (χ0) is 18.5. The van der Waals surface area contributed by atoms with Crippen molar-refractivity contribution in [3.05, 3.63) is 24.0 Å². The summed E-state index contributed by atoms with van der Waals surface area (Å²) in [5, 5.41) is 8.56. The molecular weight excluding hydrogens is 364 g/mol. The maximum Gasteiger partial charge on any atom is 0.221 e. The summed E-state index contributed by atoms with van der Waals surface area (Å²) in [5.41, 5.74) is 7.58. The SMILES string of the molecule is CC(C)n1ncc2cc(CN3CCCCC3CNC(=O)CCN)cnc21.Cl. The summed E-state index contributed by atoms with van der Waals surface area (Å²) < 4.78 is 1.95. The Hall–Kier alpha value is -1.70. The molecule has 2 aromatic heterocycles. The van der Waals surface area contributed by atoms with Gasteiger partial charge in [-0.15, -0.1) is 12.4 Å². The van der Waals surface area contributed by atoms with E-state index in [1.807, 2.05) is 17.1 Å². The van der Waals surface area contributed by atoms with E-state index in [1.54, 1.807) is 0 Å². The first kappa shape index (κ1) is 21.6. The van der Waals surface area contributed by atoms with Gasteiger partial charge in [0.25, 0.3) is 0 Å². The smallest absolute Gasteiger partial charge is 0.221 e. The third kappa shape index (κ3) is 5.40. The van der Waals surface area contributed by atoms with Crippen molar-refractivity contribution in [1.29, 1.82) is 0 Å². The number of halogens is 1. The van der Waals surface area contributed by atoms with Crippen LogP contribution in [0.1, 0.15) is 51.1 Å². The Balaban J connectivity index is 0.00000261. The van der Waals surface area contributed by atoms with Gasteiger partial charge in [0.15, 0.2) is 5.65 Å². The molecule has 3 N–H and O–H groups in total. The van der Waals surface area contributed by atoms with E-state index in [0.717, 1.165) is 30.5 Å². The van der Waals surface area contributed by atoms with Crippen LogP contribution in [0.3, 0.4) is 0 Å². The van der Waals surface area contributed by atoms with Gasteiger partial charge in [-0.2, -0.15) is 5.10 Å². The van der Waals surface area contributed by atoms with Gasteiger partial charge in [-0.1, -0.05) is 6.42 Å². The Morgan fingerprint density at radius 1 is 1.37 bits per heavy atom. The van der Waals surface area contributed by atoms with E-state index in [0.29, 0.717) is 31.6 Å². The summed E-state index contributed by atoms with van der Waals surface area (Å²) in [6, 6.07) is 2.86. The number of nitrogens with one attached hydrogen (secondary N) is 1. The highest BCUT2D eigenvalue weighted by Crippen LogP contribution is 2.21. The Labute approximate surface area is 167 Å². The molecule has 3 rings (SSSR count). The van der Waals surface area contributed by atoms with Gasteiger partial charge in [0.05, 0.1) is 6.20 Å². The van der Waals surface area contributed by atoms with Crippen LogP contribution in [0.15, 0.2) is 18.5 Å². The third-order valence-corrected chi connectivity index (χ3v) is 5.02. The minimum Gasteiger partial charge on any atom is -0.354 e. The van der Waals surface area contributed by atoms with Crippen molar-refractivity contribution in [2.24, 2.45) is 5.73 Å². The zero-order valence-corrected chi connectivity index (χ0v) is 17.0. The highest BCUT2D eigenvalue weighted by Gasteiger charge is 2.23. The van der Waals surface area contributed by atoms with Crippen LogP contribution in [-0.4, -0.2) is 51.2 Å². The molecule has 1 aliphatic heterocycles. The Morgan fingerprint density at radius 2 is 2.19 bits per heavy atom. The molecule has 1 atom stereocenters. The molecule has 1 saturated heterocycles. The second kappa shape index (κ2) is 10.0. The highest BCUT2D eigenvalue weighted by molar-refractivity contribution is 5.85. The number of hydrogen-bond acceptors (Lipinski definition) is 5. The molecule has 0 aromatic carbocycles. The van der Waals surface area contributed by atoms with E-state index >= 15 is 0 Å². The Bertz CT molecular complexity index is 747. The molecule has 0 radical (unpaired) electrons. The summed E-state index contributed by atoms with van der Waals surface area (Å²) in [6.45, 7) is 7.22. The quantitative estimate of drug-likeness (QED) is 0.751. The van der Waals surface area contributed by atoms with E-state index in [9.17, 15) is 4.79 Å². The van der Waals surface area contributed by atoms with Gasteiger partial charge in [-0.25, -0.2) is 9.67 Å². The molecule has 3 heterocycles. The lowest BCUT2D eigenvalue weighted by atomic mass is 10.0. The van der Waals surface area contributed by atoms with Gasteiger partial charge in [0, 0.05) is 49.7 Å². The third-order valence-electron chi connectivity index (χ3n) is 5.02. The largest absolute Gasteiger partial charge is 0.354 e. The number of piperidine rings is 1. The molecule has 7 nitrogen and oxygen atoms in total. The summed E-state index contributed by atoms with van der Waals surface area (Å²) in [4.78, 5) is 18.8. The van der Waals surface area contributed by atoms with Crippen molar-refractivity contribution in [3.63, 3.8) is 0 Å². The molecule has 0 aliphatic carbocycles. The minimum absolute atomic E-state index is 0. The fourth-order valence-electron chi connectivity index (χ4n) is 3.63. The van der Waals surface area contributed by atoms with Crippen LogP contribution in [0.25, 0.3) is 11.0 Å². The second-order valence-corrected chi connectivity index (χ2v) is 7.40. The van der Waals surface area contributed by atoms with E-state index in [-0.39, 0.29) is 18.3 Å². The first-order valence-electron chi connectivity index (χ1n) is 9.61. The Morgan fingerprint density at radius 3 is 2.93 bits per heavy atom. The topological polar surface area (TPSA) is 89.1 Å². The lowest BCUT2D eigenvalue weighted by Crippen LogP contribution is -2.46. The fraction of sp³-hybridized carbons (Fsp3) is 0.632. The van der Waals surface area contributed by atoms with Crippen molar-refractivity contribution >= 4 is 29.3 Å². The number of amides is 1. The number of carbonyl (C=O) groups excluding carboxylic acids is 1. The molecule has 0 bridgehead atoms. The lowest BCUT2D eigenvalue weighted by Gasteiger charge is -2.35. The molecular formula is C19H31ClN6O. The number of aromatic nitrogens is 3. The normalized spacial score (nSPS) is 17.9. The number of fused-ring (bicyclic) bond motifs is 1. The standard InChI is InChI=1S/C19H30N6O.ClH/c1-14(2)25-19-16(11-23-25)9-15(10-22-19)13-24-8-4-3-5-17(24)12-21-18(26)6-7-20;/h9-11,14,17H,3-8,12-13,20H2,1-2H3,(H,21,26);1H. The average molecular weight is 395 g/mol. The number of nitrogens with zero attached hydrogens (tertiary/aromatic N) is 4. The predicted molar refractivity (Wildman–Crippen MR) is 110 cm³/mol. The summed E-state index contributed by atoms with van der Waals surface area (Å²) in [6.07, 6.45) is 7.78. The number of carbonyl (C=O) groups is 1. The number of likely N-dealkylation sites (tertiary alicyclic amines) is 1. The molecule has 1 fully saturated rings. The van der Waals surface area contributed by atoms with Crippen LogP contribution < -0.4 is 11.1 Å². The number of hydrogen-bond donors (Lipinski definition) is 2. The minimum atomic E-state index is 0. The van der Waals surface area contributed by atoms with Crippen molar-refractivity contribution in [2.45, 2.75) is 58.2 Å². The maximum atomic E-state index is 11.7. The predicted octanol–water partition coefficient (Wildman–Crippen LogP) is 2.25. The summed E-state index contributed by atoms with van der Waals surface area (Å²) >= 11 is 0. The number of pyridine rings is 1. The van der Waals surface area contributed by atoms with E-state index in [1.165, 1.54) is 18.4 Å². The molecule has 1 unspecified atom stereocenters. The lowest BCUT2D eigenvalue weighted by molar-refractivity contribution is -0.121. The van der Waals surface area contributed by atoms with Gasteiger partial charge in [-0.3, -0.25) is 9.69 Å². The number of rotatable bonds is 7. The molecule has 0 saturated carbocycles. The highest BCUT2D eigenvalue weighted by atomic mass is 35.5. The van der Waals surface area contributed by atoms with Crippen LogP contribution in [0.5, 0.6) is 0 Å². The molecule has 2 aromatic rings. The van der Waals surface area contributed by atoms with E-state index < -0.39 is 0 Å². The summed E-state index contributed by atoms with van der Waals surface area (Å²) in [5.74, 6) is 0.0437. The van der Waals surface area contributed by atoms with Gasteiger partial charge < -0.3 is 11.1 Å². The van der Waals surface area contributed by atoms with Gasteiger partial charge in [-0.05, 0) is 44.9 Å². The maximum absolute atomic E-state index is 11.7. The monoisotopic (exact) mass is 394 g/mol. The second-order valence-electron chi connectivity index (χ2n) is 7.40. The first-order chi connectivity index (χ1) is 12.6. The number of nitrogens with two attached hydrogens (primary N) is 1. The van der Waals surface area contributed by atoms with Crippen molar-refractivity contribution in [1.82, 2.24) is 25.0 Å². The van der Waals surface area contributed by atoms with Crippen molar-refractivity contribution < 1.29 is 4.79 Å². The van der Waals surface area contributed by atoms with Gasteiger partial charge in [0.1, 0.15) is 0 Å². The molecule has 150 valence electrons. The molecule has 1 amide bonds. The van der Waals surface area contributed by atoms with Gasteiger partial charge in [0.2, 0.25) is 5.91 Å². The van der Waals surface area contributed by atoms with Gasteiger partial charge >= 0.3 is 0 Å². The first-order valence-corrected chi connectivity index (χ1v) is 9.61. The molecule has 0 spiro atoms. The van der Waals surface area contributed by atoms with Crippen LogP contribution in [0.2, 0.25) is 0 Å². The van der Waals surface area contributed by atoms with E-state index in [4.69, 9.17) is 5.73 Å². The fourth-order valence-corrected chi connectivity index (χ4v) is 3.63. The van der Waals surface area contributed by atoms with Crippen molar-refractivity contribution in [2.75, 3.05) is 19.6 Å². The van der Waals surface area contributed by atoms with Crippen LogP contribution in [0.4, 0.5) is 0 Å². The van der Waals surface area contributed by atoms with Crippen molar-refractivity contribution in [3.8, 4) is 0 Å². The summed E-state index contributed by atoms with van der Waals surface area (Å²) in [7, 11) is 0. The molecule has 8 heteroatoms.